The van der Waals surface area contributed by atoms with Crippen LogP contribution in [0.1, 0.15) is 27.6 Å². The predicted molar refractivity (Wildman–Crippen MR) is 94.5 cm³/mol. The molecule has 1 aliphatic carbocycles. The molecule has 5 heteroatoms. The van der Waals surface area contributed by atoms with E-state index in [1.54, 1.807) is 18.2 Å². The highest BCUT2D eigenvalue weighted by Crippen LogP contribution is 2.34. The van der Waals surface area contributed by atoms with Crippen molar-refractivity contribution < 1.29 is 15.0 Å². The summed E-state index contributed by atoms with van der Waals surface area (Å²) in [5.41, 5.74) is 2.77. The van der Waals surface area contributed by atoms with Crippen molar-refractivity contribution in [2.75, 3.05) is 26.2 Å². The minimum atomic E-state index is -0.454. The van der Waals surface area contributed by atoms with E-state index in [-0.39, 0.29) is 17.7 Å². The van der Waals surface area contributed by atoms with Gasteiger partial charge in [-0.2, -0.15) is 0 Å². The van der Waals surface area contributed by atoms with E-state index in [2.05, 4.69) is 11.0 Å². The molecule has 2 aromatic rings. The zero-order valence-corrected chi connectivity index (χ0v) is 14.0. The summed E-state index contributed by atoms with van der Waals surface area (Å²) in [5.74, 6) is 0.0575. The zero-order valence-electron chi connectivity index (χ0n) is 14.0. The number of benzene rings is 2. The van der Waals surface area contributed by atoms with Crippen molar-refractivity contribution in [1.82, 2.24) is 9.80 Å². The van der Waals surface area contributed by atoms with Crippen LogP contribution in [0, 0.1) is 0 Å². The van der Waals surface area contributed by atoms with Crippen LogP contribution in [0.15, 0.2) is 48.5 Å². The fourth-order valence-corrected chi connectivity index (χ4v) is 3.96. The molecule has 1 heterocycles. The first kappa shape index (κ1) is 16.1. The van der Waals surface area contributed by atoms with Crippen LogP contribution in [-0.4, -0.2) is 58.1 Å². The van der Waals surface area contributed by atoms with E-state index in [1.165, 1.54) is 11.6 Å². The van der Waals surface area contributed by atoms with Crippen molar-refractivity contribution in [2.24, 2.45) is 0 Å². The van der Waals surface area contributed by atoms with Gasteiger partial charge >= 0.3 is 0 Å². The highest BCUT2D eigenvalue weighted by atomic mass is 16.3. The second-order valence-electron chi connectivity index (χ2n) is 6.79. The molecule has 1 fully saturated rings. The van der Waals surface area contributed by atoms with E-state index in [1.807, 2.05) is 23.1 Å². The molecule has 0 aromatic heterocycles. The van der Waals surface area contributed by atoms with Gasteiger partial charge in [0, 0.05) is 37.8 Å². The van der Waals surface area contributed by atoms with Gasteiger partial charge < -0.3 is 15.1 Å². The maximum Gasteiger partial charge on any atom is 0.254 e. The minimum absolute atomic E-state index is 0.0502. The van der Waals surface area contributed by atoms with Gasteiger partial charge in [-0.05, 0) is 35.7 Å². The summed E-state index contributed by atoms with van der Waals surface area (Å²) in [6.07, 6.45) is 0.405. The third-order valence-electron chi connectivity index (χ3n) is 5.33. The van der Waals surface area contributed by atoms with Crippen molar-refractivity contribution in [2.45, 2.75) is 18.6 Å². The number of phenolic OH excluding ortho intramolecular Hbond substituents is 1. The monoisotopic (exact) mass is 338 g/mol. The Balaban J connectivity index is 1.40. The van der Waals surface area contributed by atoms with Gasteiger partial charge in [-0.3, -0.25) is 9.69 Å². The smallest absolute Gasteiger partial charge is 0.254 e. The summed E-state index contributed by atoms with van der Waals surface area (Å²) >= 11 is 0. The van der Waals surface area contributed by atoms with Crippen LogP contribution in [0.2, 0.25) is 0 Å². The molecule has 25 heavy (non-hydrogen) atoms. The molecule has 0 spiro atoms. The molecule has 2 aromatic carbocycles. The Morgan fingerprint density at radius 2 is 1.76 bits per heavy atom. The van der Waals surface area contributed by atoms with Gasteiger partial charge in [0.1, 0.15) is 5.75 Å². The lowest BCUT2D eigenvalue weighted by molar-refractivity contribution is 0.0255. The number of amides is 1. The van der Waals surface area contributed by atoms with Gasteiger partial charge in [0.15, 0.2) is 0 Å². The number of carbonyl (C=O) groups excluding carboxylic acids is 1. The standard InChI is InChI=1S/C20H22N2O3/c23-16-6-3-5-15(12-16)20(25)22-10-8-21(9-11-22)18-13-14-4-1-2-7-17(14)19(18)24/h1-7,12,18-19,23-24H,8-11,13H2. The predicted octanol–water partition coefficient (Wildman–Crippen LogP) is 1.81. The van der Waals surface area contributed by atoms with Crippen LogP contribution in [0.4, 0.5) is 0 Å². The number of hydrogen-bond donors (Lipinski definition) is 2. The van der Waals surface area contributed by atoms with Crippen LogP contribution < -0.4 is 0 Å². The molecule has 0 saturated carbocycles. The van der Waals surface area contributed by atoms with Crippen molar-refractivity contribution in [3.8, 4) is 5.75 Å². The fourth-order valence-electron chi connectivity index (χ4n) is 3.96. The van der Waals surface area contributed by atoms with Crippen molar-refractivity contribution >= 4 is 5.91 Å². The lowest BCUT2D eigenvalue weighted by Crippen LogP contribution is -2.53. The third kappa shape index (κ3) is 3.01. The van der Waals surface area contributed by atoms with E-state index in [9.17, 15) is 15.0 Å². The Morgan fingerprint density at radius 1 is 1.00 bits per heavy atom. The maximum atomic E-state index is 12.6. The number of piperazine rings is 1. The zero-order chi connectivity index (χ0) is 17.4. The third-order valence-corrected chi connectivity index (χ3v) is 5.33. The molecule has 2 unspecified atom stereocenters. The number of phenols is 1. The molecule has 5 nitrogen and oxygen atoms in total. The maximum absolute atomic E-state index is 12.6. The van der Waals surface area contributed by atoms with Crippen LogP contribution in [-0.2, 0) is 6.42 Å². The summed E-state index contributed by atoms with van der Waals surface area (Å²) in [6.45, 7) is 2.77. The highest BCUT2D eigenvalue weighted by Gasteiger charge is 2.36. The van der Waals surface area contributed by atoms with Gasteiger partial charge in [0.25, 0.3) is 5.91 Å². The summed E-state index contributed by atoms with van der Waals surface area (Å²) in [6, 6.07) is 14.6. The van der Waals surface area contributed by atoms with Crippen LogP contribution >= 0.6 is 0 Å². The van der Waals surface area contributed by atoms with Gasteiger partial charge in [0.2, 0.25) is 0 Å². The molecule has 1 amide bonds. The van der Waals surface area contributed by atoms with Crippen LogP contribution in [0.3, 0.4) is 0 Å². The number of aromatic hydroxyl groups is 1. The summed E-state index contributed by atoms with van der Waals surface area (Å²) in [5, 5.41) is 20.2. The van der Waals surface area contributed by atoms with E-state index in [0.717, 1.165) is 25.1 Å². The molecule has 2 N–H and O–H groups in total. The number of rotatable bonds is 2. The molecular formula is C20H22N2O3. The van der Waals surface area contributed by atoms with E-state index in [4.69, 9.17) is 0 Å². The molecule has 2 aliphatic rings. The molecular weight excluding hydrogens is 316 g/mol. The molecule has 1 aliphatic heterocycles. The second kappa shape index (κ2) is 6.50. The van der Waals surface area contributed by atoms with Gasteiger partial charge in [-0.15, -0.1) is 0 Å². The first-order valence-corrected chi connectivity index (χ1v) is 8.72. The molecule has 0 radical (unpaired) electrons. The van der Waals surface area contributed by atoms with Crippen molar-refractivity contribution in [3.05, 3.63) is 65.2 Å². The van der Waals surface area contributed by atoms with Crippen molar-refractivity contribution in [1.29, 1.82) is 0 Å². The van der Waals surface area contributed by atoms with E-state index in [0.29, 0.717) is 18.7 Å². The number of hydrogen-bond acceptors (Lipinski definition) is 4. The Kier molecular flexibility index (Phi) is 4.19. The Bertz CT molecular complexity index is 784. The summed E-state index contributed by atoms with van der Waals surface area (Å²) < 4.78 is 0. The van der Waals surface area contributed by atoms with Crippen molar-refractivity contribution in [3.63, 3.8) is 0 Å². The number of aliphatic hydroxyl groups is 1. The molecule has 130 valence electrons. The number of aliphatic hydroxyl groups excluding tert-OH is 1. The number of nitrogens with zero attached hydrogens (tertiary/aromatic N) is 2. The Hall–Kier alpha value is -2.37. The lowest BCUT2D eigenvalue weighted by atomic mass is 10.1. The first-order chi connectivity index (χ1) is 12.1. The minimum Gasteiger partial charge on any atom is -0.508 e. The van der Waals surface area contributed by atoms with Gasteiger partial charge in [0.05, 0.1) is 6.10 Å². The number of fused-ring (bicyclic) bond motifs is 1. The van der Waals surface area contributed by atoms with E-state index < -0.39 is 6.10 Å². The highest BCUT2D eigenvalue weighted by molar-refractivity contribution is 5.94. The average Bonchev–Trinajstić information content (AvgIpc) is 2.98. The fraction of sp³-hybridized carbons (Fsp3) is 0.350. The van der Waals surface area contributed by atoms with E-state index >= 15 is 0 Å². The normalized spacial score (nSPS) is 23.5. The van der Waals surface area contributed by atoms with Gasteiger partial charge in [-0.25, -0.2) is 0 Å². The SMILES string of the molecule is O=C(c1cccc(O)c1)N1CCN(C2Cc3ccccc3C2O)CC1. The summed E-state index contributed by atoms with van der Waals surface area (Å²) in [4.78, 5) is 16.7. The lowest BCUT2D eigenvalue weighted by Gasteiger charge is -2.39. The number of carbonyl (C=O) groups is 1. The van der Waals surface area contributed by atoms with Crippen LogP contribution in [0.25, 0.3) is 0 Å². The molecule has 4 rings (SSSR count). The molecule has 1 saturated heterocycles. The second-order valence-corrected chi connectivity index (χ2v) is 6.79. The Morgan fingerprint density at radius 3 is 2.48 bits per heavy atom. The molecule has 0 bridgehead atoms. The quantitative estimate of drug-likeness (QED) is 0.877. The van der Waals surface area contributed by atoms with Gasteiger partial charge in [-0.1, -0.05) is 30.3 Å². The summed E-state index contributed by atoms with van der Waals surface area (Å²) in [7, 11) is 0. The first-order valence-electron chi connectivity index (χ1n) is 8.72. The topological polar surface area (TPSA) is 64.0 Å². The molecule has 2 atom stereocenters. The van der Waals surface area contributed by atoms with Crippen LogP contribution in [0.5, 0.6) is 5.75 Å². The average molecular weight is 338 g/mol. The largest absolute Gasteiger partial charge is 0.508 e. The Labute approximate surface area is 147 Å².